The van der Waals surface area contributed by atoms with Crippen LogP contribution in [-0.4, -0.2) is 36.5 Å². The van der Waals surface area contributed by atoms with Gasteiger partial charge in [-0.15, -0.1) is 0 Å². The number of hydrogen-bond donors (Lipinski definition) is 1. The van der Waals surface area contributed by atoms with E-state index in [-0.39, 0.29) is 18.1 Å². The van der Waals surface area contributed by atoms with Crippen LogP contribution in [0.1, 0.15) is 13.8 Å². The standard InChI is InChI=1S/C20H18F2N2O5/c1-11(19(26)23-15-8-7-13(21)9-14(15)22)28-20(27)18-10-24(12(2)25)16-5-3-4-6-17(16)29-18/h3-9,11,18H,10H2,1-2H3,(H,23,26)/t11-,18-/m1/s1. The summed E-state index contributed by atoms with van der Waals surface area (Å²) in [6, 6.07) is 9.39. The number of hydrogen-bond acceptors (Lipinski definition) is 5. The summed E-state index contributed by atoms with van der Waals surface area (Å²) in [5.41, 5.74) is 0.284. The molecule has 1 aliphatic rings. The number of nitrogens with one attached hydrogen (secondary N) is 1. The van der Waals surface area contributed by atoms with Crippen molar-refractivity contribution in [2.24, 2.45) is 0 Å². The van der Waals surface area contributed by atoms with Crippen LogP contribution in [0.25, 0.3) is 0 Å². The van der Waals surface area contributed by atoms with Crippen molar-refractivity contribution >= 4 is 29.2 Å². The summed E-state index contributed by atoms with van der Waals surface area (Å²) in [6.07, 6.45) is -2.41. The third-order valence-electron chi connectivity index (χ3n) is 4.27. The molecule has 2 aromatic rings. The van der Waals surface area contributed by atoms with Crippen molar-refractivity contribution in [3.05, 3.63) is 54.1 Å². The minimum Gasteiger partial charge on any atom is -0.475 e. The van der Waals surface area contributed by atoms with Crippen LogP contribution >= 0.6 is 0 Å². The Morgan fingerprint density at radius 2 is 1.93 bits per heavy atom. The Kier molecular flexibility index (Phi) is 5.76. The van der Waals surface area contributed by atoms with Gasteiger partial charge in [-0.3, -0.25) is 9.59 Å². The maximum Gasteiger partial charge on any atom is 0.350 e. The highest BCUT2D eigenvalue weighted by Gasteiger charge is 2.35. The minimum atomic E-state index is -1.28. The van der Waals surface area contributed by atoms with Crippen LogP contribution in [0.4, 0.5) is 20.2 Å². The molecule has 1 heterocycles. The lowest BCUT2D eigenvalue weighted by molar-refractivity contribution is -0.160. The van der Waals surface area contributed by atoms with E-state index in [0.717, 1.165) is 12.1 Å². The lowest BCUT2D eigenvalue weighted by Crippen LogP contribution is -2.48. The van der Waals surface area contributed by atoms with E-state index in [9.17, 15) is 23.2 Å². The average molecular weight is 404 g/mol. The molecule has 0 saturated carbocycles. The second-order valence-electron chi connectivity index (χ2n) is 6.40. The van der Waals surface area contributed by atoms with Gasteiger partial charge in [-0.2, -0.15) is 0 Å². The summed E-state index contributed by atoms with van der Waals surface area (Å²) in [7, 11) is 0. The first-order valence-corrected chi connectivity index (χ1v) is 8.76. The fourth-order valence-electron chi connectivity index (χ4n) is 2.78. The zero-order valence-corrected chi connectivity index (χ0v) is 15.6. The fourth-order valence-corrected chi connectivity index (χ4v) is 2.78. The molecule has 0 radical (unpaired) electrons. The van der Waals surface area contributed by atoms with Crippen molar-refractivity contribution in [2.75, 3.05) is 16.8 Å². The Hall–Kier alpha value is -3.49. The first-order chi connectivity index (χ1) is 13.8. The van der Waals surface area contributed by atoms with Crippen molar-refractivity contribution in [3.63, 3.8) is 0 Å². The number of nitrogens with zero attached hydrogens (tertiary/aromatic N) is 1. The molecule has 0 saturated heterocycles. The Balaban J connectivity index is 1.66. The molecule has 152 valence electrons. The number of para-hydroxylation sites is 2. The first-order valence-electron chi connectivity index (χ1n) is 8.76. The van der Waals surface area contributed by atoms with E-state index < -0.39 is 35.7 Å². The SMILES string of the molecule is CC(=O)N1C[C@H](C(=O)O[C@H](C)C(=O)Nc2ccc(F)cc2F)Oc2ccccc21. The van der Waals surface area contributed by atoms with Crippen LogP contribution in [-0.2, 0) is 19.1 Å². The first kappa shape index (κ1) is 20.2. The van der Waals surface area contributed by atoms with Gasteiger partial charge < -0.3 is 19.7 Å². The predicted molar refractivity (Wildman–Crippen MR) is 99.4 cm³/mol. The van der Waals surface area contributed by atoms with E-state index in [0.29, 0.717) is 17.5 Å². The molecule has 3 rings (SSSR count). The second-order valence-corrected chi connectivity index (χ2v) is 6.40. The maximum absolute atomic E-state index is 13.7. The summed E-state index contributed by atoms with van der Waals surface area (Å²) >= 11 is 0. The van der Waals surface area contributed by atoms with Gasteiger partial charge in [0.1, 0.15) is 17.4 Å². The van der Waals surface area contributed by atoms with Gasteiger partial charge >= 0.3 is 5.97 Å². The molecule has 2 aromatic carbocycles. The van der Waals surface area contributed by atoms with Crippen LogP contribution in [0.15, 0.2) is 42.5 Å². The third kappa shape index (κ3) is 4.50. The Labute approximate surface area is 165 Å². The van der Waals surface area contributed by atoms with E-state index >= 15 is 0 Å². The van der Waals surface area contributed by atoms with Gasteiger partial charge in [-0.25, -0.2) is 13.6 Å². The number of rotatable bonds is 4. The average Bonchev–Trinajstić information content (AvgIpc) is 2.68. The minimum absolute atomic E-state index is 0.0773. The molecule has 0 bridgehead atoms. The molecule has 0 fully saturated rings. The molecule has 2 amide bonds. The third-order valence-corrected chi connectivity index (χ3v) is 4.27. The van der Waals surface area contributed by atoms with Crippen LogP contribution in [0.2, 0.25) is 0 Å². The predicted octanol–water partition coefficient (Wildman–Crippen LogP) is 2.65. The molecule has 1 aliphatic heterocycles. The largest absolute Gasteiger partial charge is 0.475 e. The van der Waals surface area contributed by atoms with Gasteiger partial charge in [0.15, 0.2) is 6.10 Å². The van der Waals surface area contributed by atoms with Crippen LogP contribution in [0.5, 0.6) is 5.75 Å². The molecular weight excluding hydrogens is 386 g/mol. The zero-order valence-electron chi connectivity index (χ0n) is 15.6. The van der Waals surface area contributed by atoms with Gasteiger partial charge in [0, 0.05) is 13.0 Å². The van der Waals surface area contributed by atoms with Crippen molar-refractivity contribution in [1.82, 2.24) is 0 Å². The normalized spacial score (nSPS) is 16.3. The molecule has 1 N–H and O–H groups in total. The van der Waals surface area contributed by atoms with Gasteiger partial charge in [-0.05, 0) is 31.2 Å². The van der Waals surface area contributed by atoms with E-state index in [4.69, 9.17) is 9.47 Å². The topological polar surface area (TPSA) is 84.9 Å². The number of amides is 2. The Bertz CT molecular complexity index is 966. The summed E-state index contributed by atoms with van der Waals surface area (Å²) in [5.74, 6) is -3.35. The summed E-state index contributed by atoms with van der Waals surface area (Å²) in [4.78, 5) is 37.9. The lowest BCUT2D eigenvalue weighted by atomic mass is 10.2. The van der Waals surface area contributed by atoms with Crippen LogP contribution < -0.4 is 15.0 Å². The molecule has 2 atom stereocenters. The molecule has 0 unspecified atom stereocenters. The smallest absolute Gasteiger partial charge is 0.350 e. The van der Waals surface area contributed by atoms with Crippen molar-refractivity contribution in [2.45, 2.75) is 26.1 Å². The fraction of sp³-hybridized carbons (Fsp3) is 0.250. The number of ether oxygens (including phenoxy) is 2. The summed E-state index contributed by atoms with van der Waals surface area (Å²) in [5, 5.41) is 2.22. The summed E-state index contributed by atoms with van der Waals surface area (Å²) < 4.78 is 37.3. The van der Waals surface area contributed by atoms with Crippen molar-refractivity contribution in [3.8, 4) is 5.75 Å². The quantitative estimate of drug-likeness (QED) is 0.792. The maximum atomic E-state index is 13.7. The molecular formula is C20H18F2N2O5. The molecule has 7 nitrogen and oxygen atoms in total. The second kappa shape index (κ2) is 8.26. The monoisotopic (exact) mass is 404 g/mol. The lowest BCUT2D eigenvalue weighted by Gasteiger charge is -2.33. The van der Waals surface area contributed by atoms with E-state index in [1.54, 1.807) is 24.3 Å². The number of anilines is 2. The van der Waals surface area contributed by atoms with E-state index in [2.05, 4.69) is 5.32 Å². The molecule has 9 heteroatoms. The van der Waals surface area contributed by atoms with E-state index in [1.807, 2.05) is 0 Å². The number of carbonyl (C=O) groups excluding carboxylic acids is 3. The van der Waals surface area contributed by atoms with Gasteiger partial charge in [0.05, 0.1) is 17.9 Å². The molecule has 0 aromatic heterocycles. The zero-order chi connectivity index (χ0) is 21.1. The molecule has 0 aliphatic carbocycles. The van der Waals surface area contributed by atoms with Crippen LogP contribution in [0.3, 0.4) is 0 Å². The Morgan fingerprint density at radius 1 is 1.21 bits per heavy atom. The van der Waals surface area contributed by atoms with Crippen molar-refractivity contribution < 1.29 is 32.6 Å². The number of fused-ring (bicyclic) bond motifs is 1. The highest BCUT2D eigenvalue weighted by Crippen LogP contribution is 2.33. The highest BCUT2D eigenvalue weighted by atomic mass is 19.1. The van der Waals surface area contributed by atoms with Gasteiger partial charge in [-0.1, -0.05) is 12.1 Å². The van der Waals surface area contributed by atoms with Crippen LogP contribution in [0, 0.1) is 11.6 Å². The highest BCUT2D eigenvalue weighted by molar-refractivity contribution is 5.97. The molecule has 0 spiro atoms. The summed E-state index contributed by atoms with van der Waals surface area (Å²) in [6.45, 7) is 2.58. The van der Waals surface area contributed by atoms with Gasteiger partial charge in [0.25, 0.3) is 5.91 Å². The Morgan fingerprint density at radius 3 is 2.62 bits per heavy atom. The number of halogens is 2. The molecule has 29 heavy (non-hydrogen) atoms. The number of benzene rings is 2. The number of esters is 1. The van der Waals surface area contributed by atoms with E-state index in [1.165, 1.54) is 18.7 Å². The van der Waals surface area contributed by atoms with Gasteiger partial charge in [0.2, 0.25) is 12.0 Å². The van der Waals surface area contributed by atoms with Crippen molar-refractivity contribution in [1.29, 1.82) is 0 Å². The number of carbonyl (C=O) groups is 3.